The lowest BCUT2D eigenvalue weighted by Crippen LogP contribution is -2.20. The average molecular weight is 408 g/mol. The normalized spacial score (nSPS) is 11.0. The highest BCUT2D eigenvalue weighted by Gasteiger charge is 2.12. The number of carbonyl (C=O) groups is 1. The van der Waals surface area contributed by atoms with Crippen molar-refractivity contribution < 1.29 is 13.9 Å². The summed E-state index contributed by atoms with van der Waals surface area (Å²) in [7, 11) is 0. The van der Waals surface area contributed by atoms with Gasteiger partial charge < -0.3 is 14.5 Å². The van der Waals surface area contributed by atoms with Gasteiger partial charge in [-0.1, -0.05) is 48.5 Å². The molecule has 1 heterocycles. The molecule has 4 aromatic carbocycles. The zero-order valence-corrected chi connectivity index (χ0v) is 17.0. The molecule has 0 aliphatic rings. The number of oxazole rings is 1. The van der Waals surface area contributed by atoms with Crippen LogP contribution in [0.3, 0.4) is 0 Å². The number of hydrogen-bond acceptors (Lipinski definition) is 4. The number of carbonyl (C=O) groups excluding carboxylic acids is 1. The van der Waals surface area contributed by atoms with Gasteiger partial charge in [0.25, 0.3) is 5.91 Å². The van der Waals surface area contributed by atoms with Gasteiger partial charge >= 0.3 is 0 Å². The monoisotopic (exact) mass is 408 g/mol. The van der Waals surface area contributed by atoms with E-state index in [4.69, 9.17) is 9.15 Å². The molecule has 0 unspecified atom stereocenters. The Labute approximate surface area is 179 Å². The second-order valence-electron chi connectivity index (χ2n) is 7.36. The van der Waals surface area contributed by atoms with Gasteiger partial charge in [-0.3, -0.25) is 4.79 Å². The predicted molar refractivity (Wildman–Crippen MR) is 122 cm³/mol. The Kier molecular flexibility index (Phi) is 4.84. The molecule has 152 valence electrons. The Morgan fingerprint density at radius 3 is 2.61 bits per heavy atom. The van der Waals surface area contributed by atoms with Gasteiger partial charge in [0, 0.05) is 11.3 Å². The van der Waals surface area contributed by atoms with Gasteiger partial charge in [-0.2, -0.15) is 0 Å². The quantitative estimate of drug-likeness (QED) is 0.389. The second-order valence-corrected chi connectivity index (χ2v) is 7.36. The molecule has 0 radical (unpaired) electrons. The van der Waals surface area contributed by atoms with Crippen molar-refractivity contribution in [3.8, 4) is 17.2 Å². The Bertz CT molecular complexity index is 1400. The number of anilines is 1. The van der Waals surface area contributed by atoms with Gasteiger partial charge in [0.05, 0.1) is 0 Å². The summed E-state index contributed by atoms with van der Waals surface area (Å²) in [6.07, 6.45) is 0. The van der Waals surface area contributed by atoms with Gasteiger partial charge in [0.15, 0.2) is 12.2 Å². The third-order valence-electron chi connectivity index (χ3n) is 5.14. The van der Waals surface area contributed by atoms with E-state index in [1.54, 1.807) is 12.1 Å². The number of aromatic nitrogens is 1. The molecule has 1 amide bonds. The Morgan fingerprint density at radius 2 is 1.74 bits per heavy atom. The SMILES string of the molecule is Cc1ccccc1-c1nc2cc(NC(=O)COc3ccc4ccccc4c3)ccc2o1. The third kappa shape index (κ3) is 3.98. The van der Waals surface area contributed by atoms with E-state index in [9.17, 15) is 4.79 Å². The van der Waals surface area contributed by atoms with E-state index in [2.05, 4.69) is 10.3 Å². The molecule has 1 aromatic heterocycles. The first-order valence-corrected chi connectivity index (χ1v) is 10.0. The van der Waals surface area contributed by atoms with E-state index in [0.29, 0.717) is 28.4 Å². The van der Waals surface area contributed by atoms with Crippen molar-refractivity contribution in [2.45, 2.75) is 6.92 Å². The molecule has 5 heteroatoms. The minimum Gasteiger partial charge on any atom is -0.484 e. The first-order chi connectivity index (χ1) is 15.2. The molecular formula is C26H20N2O3. The summed E-state index contributed by atoms with van der Waals surface area (Å²) >= 11 is 0. The second kappa shape index (κ2) is 7.95. The van der Waals surface area contributed by atoms with Crippen LogP contribution in [0.2, 0.25) is 0 Å². The molecule has 0 saturated heterocycles. The highest BCUT2D eigenvalue weighted by molar-refractivity contribution is 5.94. The molecule has 5 aromatic rings. The minimum absolute atomic E-state index is 0.0797. The zero-order chi connectivity index (χ0) is 21.2. The van der Waals surface area contributed by atoms with Crippen LogP contribution in [0, 0.1) is 6.92 Å². The lowest BCUT2D eigenvalue weighted by atomic mass is 10.1. The van der Waals surface area contributed by atoms with Gasteiger partial charge in [-0.05, 0) is 59.7 Å². The number of rotatable bonds is 5. The van der Waals surface area contributed by atoms with Crippen LogP contribution >= 0.6 is 0 Å². The van der Waals surface area contributed by atoms with E-state index in [-0.39, 0.29) is 12.5 Å². The maximum Gasteiger partial charge on any atom is 0.262 e. The van der Waals surface area contributed by atoms with Gasteiger partial charge in [-0.15, -0.1) is 0 Å². The highest BCUT2D eigenvalue weighted by atomic mass is 16.5. The van der Waals surface area contributed by atoms with Crippen LogP contribution in [0.4, 0.5) is 5.69 Å². The van der Waals surface area contributed by atoms with Crippen molar-refractivity contribution >= 4 is 33.5 Å². The smallest absolute Gasteiger partial charge is 0.262 e. The van der Waals surface area contributed by atoms with E-state index >= 15 is 0 Å². The number of nitrogens with zero attached hydrogens (tertiary/aromatic N) is 1. The zero-order valence-electron chi connectivity index (χ0n) is 17.0. The lowest BCUT2D eigenvalue weighted by molar-refractivity contribution is -0.118. The number of aryl methyl sites for hydroxylation is 1. The van der Waals surface area contributed by atoms with Crippen molar-refractivity contribution in [2.75, 3.05) is 11.9 Å². The molecule has 0 saturated carbocycles. The topological polar surface area (TPSA) is 64.4 Å². The summed E-state index contributed by atoms with van der Waals surface area (Å²) in [4.78, 5) is 17.0. The summed E-state index contributed by atoms with van der Waals surface area (Å²) in [6, 6.07) is 27.1. The standard InChI is InChI=1S/C26H20N2O3/c1-17-6-2-5-9-22(17)26-28-23-15-20(11-13-24(23)31-26)27-25(29)16-30-21-12-10-18-7-3-4-8-19(18)14-21/h2-15H,16H2,1H3,(H,27,29). The lowest BCUT2D eigenvalue weighted by Gasteiger charge is -2.08. The molecule has 5 nitrogen and oxygen atoms in total. The van der Waals surface area contributed by atoms with E-state index < -0.39 is 0 Å². The fourth-order valence-corrected chi connectivity index (χ4v) is 3.54. The van der Waals surface area contributed by atoms with Crippen molar-refractivity contribution in [1.29, 1.82) is 0 Å². The molecule has 1 N–H and O–H groups in total. The van der Waals surface area contributed by atoms with Crippen molar-refractivity contribution in [2.24, 2.45) is 0 Å². The Balaban J connectivity index is 1.28. The minimum atomic E-state index is -0.241. The third-order valence-corrected chi connectivity index (χ3v) is 5.14. The first kappa shape index (κ1) is 18.9. The van der Waals surface area contributed by atoms with Crippen molar-refractivity contribution in [1.82, 2.24) is 4.98 Å². The maximum atomic E-state index is 12.4. The molecule has 0 atom stereocenters. The number of nitrogens with one attached hydrogen (secondary N) is 1. The number of ether oxygens (including phenoxy) is 1. The summed E-state index contributed by atoms with van der Waals surface area (Å²) < 4.78 is 11.6. The number of hydrogen-bond donors (Lipinski definition) is 1. The van der Waals surface area contributed by atoms with Crippen LogP contribution < -0.4 is 10.1 Å². The number of benzene rings is 4. The van der Waals surface area contributed by atoms with Crippen LogP contribution in [0.25, 0.3) is 33.3 Å². The van der Waals surface area contributed by atoms with Crippen molar-refractivity contribution in [3.05, 3.63) is 90.5 Å². The van der Waals surface area contributed by atoms with Crippen LogP contribution in [-0.4, -0.2) is 17.5 Å². The summed E-state index contributed by atoms with van der Waals surface area (Å²) in [5.41, 5.74) is 4.04. The summed E-state index contributed by atoms with van der Waals surface area (Å²) in [5.74, 6) is 0.982. The Morgan fingerprint density at radius 1 is 0.935 bits per heavy atom. The highest BCUT2D eigenvalue weighted by Crippen LogP contribution is 2.28. The molecule has 0 fully saturated rings. The predicted octanol–water partition coefficient (Wildman–Crippen LogP) is 5.97. The molecule has 0 aliphatic carbocycles. The van der Waals surface area contributed by atoms with E-state index in [1.807, 2.05) is 79.7 Å². The summed E-state index contributed by atoms with van der Waals surface area (Å²) in [6.45, 7) is 1.94. The summed E-state index contributed by atoms with van der Waals surface area (Å²) in [5, 5.41) is 5.06. The van der Waals surface area contributed by atoms with E-state index in [1.165, 1.54) is 0 Å². The molecule has 31 heavy (non-hydrogen) atoms. The van der Waals surface area contributed by atoms with Crippen LogP contribution in [-0.2, 0) is 4.79 Å². The largest absolute Gasteiger partial charge is 0.484 e. The van der Waals surface area contributed by atoms with Crippen LogP contribution in [0.5, 0.6) is 5.75 Å². The van der Waals surface area contributed by atoms with Crippen LogP contribution in [0.15, 0.2) is 89.3 Å². The molecule has 0 bridgehead atoms. The molecule has 5 rings (SSSR count). The van der Waals surface area contributed by atoms with Gasteiger partial charge in [0.1, 0.15) is 11.3 Å². The Hall–Kier alpha value is -4.12. The molecule has 0 aliphatic heterocycles. The van der Waals surface area contributed by atoms with Crippen LogP contribution in [0.1, 0.15) is 5.56 Å². The van der Waals surface area contributed by atoms with E-state index in [0.717, 1.165) is 21.9 Å². The van der Waals surface area contributed by atoms with Gasteiger partial charge in [0.2, 0.25) is 5.89 Å². The number of fused-ring (bicyclic) bond motifs is 2. The average Bonchev–Trinajstić information content (AvgIpc) is 3.21. The van der Waals surface area contributed by atoms with Crippen molar-refractivity contribution in [3.63, 3.8) is 0 Å². The maximum absolute atomic E-state index is 12.4. The van der Waals surface area contributed by atoms with Gasteiger partial charge in [-0.25, -0.2) is 4.98 Å². The fourth-order valence-electron chi connectivity index (χ4n) is 3.54. The fraction of sp³-hybridized carbons (Fsp3) is 0.0769. The number of amides is 1. The molecule has 0 spiro atoms. The first-order valence-electron chi connectivity index (χ1n) is 10.0. The molecular weight excluding hydrogens is 388 g/mol.